The third-order valence-electron chi connectivity index (χ3n) is 3.16. The summed E-state index contributed by atoms with van der Waals surface area (Å²) >= 11 is 0. The second kappa shape index (κ2) is 6.35. The van der Waals surface area contributed by atoms with E-state index in [0.29, 0.717) is 25.5 Å². The third kappa shape index (κ3) is 3.19. The van der Waals surface area contributed by atoms with Crippen molar-refractivity contribution in [3.8, 4) is 0 Å². The zero-order chi connectivity index (χ0) is 15.4. The summed E-state index contributed by atoms with van der Waals surface area (Å²) in [4.78, 5) is 28.0. The molecular weight excluding hydrogens is 278 g/mol. The Labute approximate surface area is 121 Å². The van der Waals surface area contributed by atoms with E-state index in [4.69, 9.17) is 10.5 Å². The summed E-state index contributed by atoms with van der Waals surface area (Å²) in [6.07, 6.45) is 0. The number of nitro groups is 1. The van der Waals surface area contributed by atoms with Gasteiger partial charge < -0.3 is 20.7 Å². The van der Waals surface area contributed by atoms with Crippen LogP contribution < -0.4 is 16.0 Å². The Balaban J connectivity index is 2.27. The lowest BCUT2D eigenvalue weighted by atomic mass is 10.2. The van der Waals surface area contributed by atoms with Crippen LogP contribution in [0.1, 0.15) is 6.92 Å². The molecule has 0 spiro atoms. The summed E-state index contributed by atoms with van der Waals surface area (Å²) < 4.78 is 5.32. The molecule has 9 nitrogen and oxygen atoms in total. The lowest BCUT2D eigenvalue weighted by molar-refractivity contribution is -0.384. The summed E-state index contributed by atoms with van der Waals surface area (Å²) in [5.74, 6) is 0.0900. The molecule has 1 amide bonds. The quantitative estimate of drug-likeness (QED) is 0.587. The van der Waals surface area contributed by atoms with Gasteiger partial charge in [-0.3, -0.25) is 14.9 Å². The molecular formula is C12H17N5O4. The maximum absolute atomic E-state index is 12.0. The number of aromatic nitrogens is 1. The monoisotopic (exact) mass is 295 g/mol. The molecule has 1 aliphatic rings. The Hall–Kier alpha value is -2.42. The van der Waals surface area contributed by atoms with Gasteiger partial charge in [-0.05, 0) is 13.0 Å². The highest BCUT2D eigenvalue weighted by atomic mass is 16.6. The van der Waals surface area contributed by atoms with E-state index in [1.807, 2.05) is 6.92 Å². The van der Waals surface area contributed by atoms with E-state index in [1.165, 1.54) is 12.1 Å². The molecule has 1 aromatic rings. The fourth-order valence-corrected chi connectivity index (χ4v) is 2.16. The zero-order valence-electron chi connectivity index (χ0n) is 11.6. The molecule has 0 saturated carbocycles. The maximum atomic E-state index is 12.0. The Bertz CT molecular complexity index is 550. The molecule has 0 aromatic carbocycles. The van der Waals surface area contributed by atoms with Gasteiger partial charge in [-0.2, -0.15) is 0 Å². The molecule has 1 aromatic heterocycles. The maximum Gasteiger partial charge on any atom is 0.311 e. The number of likely N-dealkylation sites (N-methyl/N-ethyl adjacent to an activating group) is 1. The smallest absolute Gasteiger partial charge is 0.311 e. The van der Waals surface area contributed by atoms with Crippen LogP contribution in [0.3, 0.4) is 0 Å². The van der Waals surface area contributed by atoms with Crippen LogP contribution in [0.2, 0.25) is 0 Å². The normalized spacial score (nSPS) is 18.3. The van der Waals surface area contributed by atoms with Crippen molar-refractivity contribution >= 4 is 23.2 Å². The fraction of sp³-hybridized carbons (Fsp3) is 0.500. The number of amides is 1. The number of nitrogens with zero attached hydrogens (tertiary/aromatic N) is 3. The topological polar surface area (TPSA) is 124 Å². The van der Waals surface area contributed by atoms with E-state index in [-0.39, 0.29) is 24.0 Å². The number of rotatable bonds is 4. The number of ether oxygens (including phenoxy) is 1. The number of nitrogens with two attached hydrogens (primary N) is 1. The van der Waals surface area contributed by atoms with E-state index in [0.717, 1.165) is 0 Å². The lowest BCUT2D eigenvalue weighted by Gasteiger charge is -2.35. The molecule has 9 heteroatoms. The number of nitrogen functional groups attached to an aromatic ring is 1. The molecule has 0 radical (unpaired) electrons. The third-order valence-corrected chi connectivity index (χ3v) is 3.16. The first-order chi connectivity index (χ1) is 10.0. The molecule has 1 unspecified atom stereocenters. The second-order valence-electron chi connectivity index (χ2n) is 4.51. The van der Waals surface area contributed by atoms with Crippen LogP contribution in [0.25, 0.3) is 0 Å². The Kier molecular flexibility index (Phi) is 4.53. The molecule has 2 heterocycles. The summed E-state index contributed by atoms with van der Waals surface area (Å²) in [6, 6.07) is 2.26. The van der Waals surface area contributed by atoms with Gasteiger partial charge in [0.1, 0.15) is 11.9 Å². The van der Waals surface area contributed by atoms with E-state index < -0.39 is 11.0 Å². The Morgan fingerprint density at radius 3 is 3.05 bits per heavy atom. The van der Waals surface area contributed by atoms with E-state index in [2.05, 4.69) is 10.3 Å². The van der Waals surface area contributed by atoms with Crippen molar-refractivity contribution in [2.45, 2.75) is 13.0 Å². The first-order valence-electron chi connectivity index (χ1n) is 6.57. The number of carbonyl (C=O) groups is 1. The molecule has 2 rings (SSSR count). The van der Waals surface area contributed by atoms with Gasteiger partial charge in [0.15, 0.2) is 0 Å². The van der Waals surface area contributed by atoms with Gasteiger partial charge in [0, 0.05) is 19.2 Å². The first-order valence-corrected chi connectivity index (χ1v) is 6.57. The lowest BCUT2D eigenvalue weighted by Crippen LogP contribution is -2.54. The number of nitrogens with one attached hydrogen (secondary N) is 1. The average Bonchev–Trinajstić information content (AvgIpc) is 2.47. The SMILES string of the molecule is CCNC(=O)C1COCCN1c1ccc([N+](=O)[O-])c(N)n1. The van der Waals surface area contributed by atoms with Crippen LogP contribution in [-0.4, -0.2) is 48.2 Å². The highest BCUT2D eigenvalue weighted by molar-refractivity contribution is 5.85. The van der Waals surface area contributed by atoms with Crippen molar-refractivity contribution in [3.63, 3.8) is 0 Å². The van der Waals surface area contributed by atoms with Crippen LogP contribution in [0.5, 0.6) is 0 Å². The predicted octanol–water partition coefficient (Wildman–Crippen LogP) is -0.0867. The molecule has 0 aliphatic carbocycles. The van der Waals surface area contributed by atoms with Crippen molar-refractivity contribution in [2.75, 3.05) is 36.9 Å². The number of morpholine rings is 1. The van der Waals surface area contributed by atoms with E-state index >= 15 is 0 Å². The summed E-state index contributed by atoms with van der Waals surface area (Å²) in [5, 5.41) is 13.5. The van der Waals surface area contributed by atoms with Crippen molar-refractivity contribution < 1.29 is 14.5 Å². The number of pyridine rings is 1. The summed E-state index contributed by atoms with van der Waals surface area (Å²) in [5.41, 5.74) is 5.35. The molecule has 1 fully saturated rings. The predicted molar refractivity (Wildman–Crippen MR) is 75.9 cm³/mol. The minimum atomic E-state index is -0.591. The van der Waals surface area contributed by atoms with Crippen molar-refractivity contribution in [1.82, 2.24) is 10.3 Å². The van der Waals surface area contributed by atoms with Gasteiger partial charge in [-0.15, -0.1) is 0 Å². The minimum Gasteiger partial charge on any atom is -0.378 e. The van der Waals surface area contributed by atoms with Crippen LogP contribution >= 0.6 is 0 Å². The van der Waals surface area contributed by atoms with Crippen molar-refractivity contribution in [2.24, 2.45) is 0 Å². The van der Waals surface area contributed by atoms with Crippen LogP contribution in [-0.2, 0) is 9.53 Å². The fourth-order valence-electron chi connectivity index (χ4n) is 2.16. The Morgan fingerprint density at radius 1 is 1.67 bits per heavy atom. The van der Waals surface area contributed by atoms with Crippen LogP contribution in [0.4, 0.5) is 17.3 Å². The number of hydrogen-bond donors (Lipinski definition) is 2. The molecule has 0 bridgehead atoms. The highest BCUT2D eigenvalue weighted by Crippen LogP contribution is 2.25. The second-order valence-corrected chi connectivity index (χ2v) is 4.51. The van der Waals surface area contributed by atoms with Gasteiger partial charge in [-0.25, -0.2) is 4.98 Å². The van der Waals surface area contributed by atoms with Crippen molar-refractivity contribution in [3.05, 3.63) is 22.2 Å². The standard InChI is InChI=1S/C12H17N5O4/c1-2-14-12(18)9-7-21-6-5-16(9)10-4-3-8(17(19)20)11(13)15-10/h3-4,9H,2,5-7H2,1H3,(H2,13,15)(H,14,18). The average molecular weight is 295 g/mol. The van der Waals surface area contributed by atoms with E-state index in [1.54, 1.807) is 4.90 Å². The van der Waals surface area contributed by atoms with Gasteiger partial charge in [0.25, 0.3) is 0 Å². The Morgan fingerprint density at radius 2 is 2.43 bits per heavy atom. The highest BCUT2D eigenvalue weighted by Gasteiger charge is 2.30. The minimum absolute atomic E-state index is 0.168. The van der Waals surface area contributed by atoms with Crippen molar-refractivity contribution in [1.29, 1.82) is 0 Å². The molecule has 1 atom stereocenters. The van der Waals surface area contributed by atoms with Crippen LogP contribution in [0, 0.1) is 10.1 Å². The van der Waals surface area contributed by atoms with Gasteiger partial charge in [-0.1, -0.05) is 0 Å². The number of anilines is 2. The van der Waals surface area contributed by atoms with Gasteiger partial charge in [0.05, 0.1) is 18.1 Å². The van der Waals surface area contributed by atoms with E-state index in [9.17, 15) is 14.9 Å². The molecule has 114 valence electrons. The largest absolute Gasteiger partial charge is 0.378 e. The first kappa shape index (κ1) is 15.0. The zero-order valence-corrected chi connectivity index (χ0v) is 11.6. The molecule has 3 N–H and O–H groups in total. The molecule has 1 aliphatic heterocycles. The van der Waals surface area contributed by atoms with Gasteiger partial charge >= 0.3 is 5.69 Å². The molecule has 1 saturated heterocycles. The number of hydrogen-bond acceptors (Lipinski definition) is 7. The number of carbonyl (C=O) groups excluding carboxylic acids is 1. The summed E-state index contributed by atoms with van der Waals surface area (Å²) in [7, 11) is 0. The van der Waals surface area contributed by atoms with Gasteiger partial charge in [0.2, 0.25) is 11.7 Å². The van der Waals surface area contributed by atoms with Crippen LogP contribution in [0.15, 0.2) is 12.1 Å². The summed E-state index contributed by atoms with van der Waals surface area (Å²) in [6.45, 7) is 3.50. The molecule has 21 heavy (non-hydrogen) atoms.